The second kappa shape index (κ2) is 30.2. The largest absolute Gasteiger partial charge is 0.301 e. The van der Waals surface area contributed by atoms with Crippen LogP contribution in [-0.2, 0) is 0 Å². The van der Waals surface area contributed by atoms with Crippen LogP contribution in [0.3, 0.4) is 0 Å². The van der Waals surface area contributed by atoms with Crippen LogP contribution in [0.5, 0.6) is 0 Å². The summed E-state index contributed by atoms with van der Waals surface area (Å²) in [6, 6.07) is 0.851. The Kier molecular flexibility index (Phi) is 44.5. The SMILES string of the molecule is CC.CC.CC.CCC.CCN1CCCCC1C. The van der Waals surface area contributed by atoms with Gasteiger partial charge in [-0.25, -0.2) is 0 Å². The lowest BCUT2D eigenvalue weighted by atomic mass is 10.0. The zero-order valence-corrected chi connectivity index (χ0v) is 15.3. The van der Waals surface area contributed by atoms with Crippen molar-refractivity contribution < 1.29 is 0 Å². The summed E-state index contributed by atoms with van der Waals surface area (Å²) in [6.45, 7) is 23.4. The third-order valence-corrected chi connectivity index (χ3v) is 2.35. The molecule has 0 aromatic heterocycles. The zero-order chi connectivity index (χ0) is 15.4. The molecule has 0 N–H and O–H groups in total. The van der Waals surface area contributed by atoms with E-state index < -0.39 is 0 Å². The molecule has 1 saturated heterocycles. The fourth-order valence-corrected chi connectivity index (χ4v) is 1.63. The summed E-state index contributed by atoms with van der Waals surface area (Å²) in [6.07, 6.45) is 5.52. The topological polar surface area (TPSA) is 3.24 Å². The van der Waals surface area contributed by atoms with E-state index >= 15 is 0 Å². The van der Waals surface area contributed by atoms with Crippen LogP contribution in [0.1, 0.15) is 94.9 Å². The Hall–Kier alpha value is -0.0400. The van der Waals surface area contributed by atoms with Crippen LogP contribution < -0.4 is 0 Å². The predicted octanol–water partition coefficient (Wildman–Crippen LogP) is 6.38. The number of piperidine rings is 1. The minimum Gasteiger partial charge on any atom is -0.301 e. The first-order valence-corrected chi connectivity index (χ1v) is 8.50. The molecule has 1 heterocycles. The van der Waals surface area contributed by atoms with Crippen molar-refractivity contribution in [1.29, 1.82) is 0 Å². The molecule has 0 bridgehead atoms. The van der Waals surface area contributed by atoms with Gasteiger partial charge in [-0.15, -0.1) is 0 Å². The van der Waals surface area contributed by atoms with E-state index in [-0.39, 0.29) is 0 Å². The fraction of sp³-hybridized carbons (Fsp3) is 1.00. The van der Waals surface area contributed by atoms with Crippen molar-refractivity contribution in [3.05, 3.63) is 0 Å². The molecule has 0 aromatic rings. The third-order valence-electron chi connectivity index (χ3n) is 2.35. The monoisotopic (exact) mass is 261 g/mol. The van der Waals surface area contributed by atoms with Crippen LogP contribution >= 0.6 is 0 Å². The maximum absolute atomic E-state index is 2.56. The van der Waals surface area contributed by atoms with Gasteiger partial charge in [0.15, 0.2) is 0 Å². The molecule has 1 heteroatoms. The maximum Gasteiger partial charge on any atom is 0.00668 e. The van der Waals surface area contributed by atoms with Gasteiger partial charge in [0, 0.05) is 6.04 Å². The molecule has 0 saturated carbocycles. The molecular weight excluding hydrogens is 218 g/mol. The standard InChI is InChI=1S/C8H17N.C3H8.3C2H6/c1-3-9-7-5-4-6-8(9)2;1-3-2;3*1-2/h8H,3-7H2,1-2H3;3H2,1-2H3;3*1-2H3. The van der Waals surface area contributed by atoms with Crippen LogP contribution in [0.15, 0.2) is 0 Å². The molecule has 0 aromatic carbocycles. The van der Waals surface area contributed by atoms with Gasteiger partial charge in [0.2, 0.25) is 0 Å². The first kappa shape index (κ1) is 26.5. The van der Waals surface area contributed by atoms with E-state index in [0.717, 1.165) is 6.04 Å². The normalized spacial score (nSPS) is 17.3. The number of hydrogen-bond acceptors (Lipinski definition) is 1. The molecule has 1 aliphatic heterocycles. The molecule has 1 nitrogen and oxygen atoms in total. The van der Waals surface area contributed by atoms with E-state index in [1.165, 1.54) is 38.8 Å². The smallest absolute Gasteiger partial charge is 0.00668 e. The van der Waals surface area contributed by atoms with Crippen molar-refractivity contribution in [1.82, 2.24) is 4.90 Å². The summed E-state index contributed by atoms with van der Waals surface area (Å²) < 4.78 is 0. The quantitative estimate of drug-likeness (QED) is 0.529. The minimum atomic E-state index is 0.851. The molecule has 1 atom stereocenters. The van der Waals surface area contributed by atoms with Gasteiger partial charge in [-0.1, -0.05) is 75.2 Å². The predicted molar refractivity (Wildman–Crippen MR) is 90.6 cm³/mol. The third kappa shape index (κ3) is 21.3. The van der Waals surface area contributed by atoms with Gasteiger partial charge in [-0.05, 0) is 32.9 Å². The highest BCUT2D eigenvalue weighted by molar-refractivity contribution is 4.70. The van der Waals surface area contributed by atoms with Gasteiger partial charge in [0.05, 0.1) is 0 Å². The van der Waals surface area contributed by atoms with Crippen LogP contribution in [0.4, 0.5) is 0 Å². The Morgan fingerprint density at radius 1 is 0.833 bits per heavy atom. The average molecular weight is 262 g/mol. The highest BCUT2D eigenvalue weighted by Gasteiger charge is 2.14. The second-order valence-electron chi connectivity index (χ2n) is 3.68. The Bertz CT molecular complexity index is 91.6. The van der Waals surface area contributed by atoms with E-state index in [4.69, 9.17) is 0 Å². The molecule has 1 unspecified atom stereocenters. The van der Waals surface area contributed by atoms with Crippen LogP contribution in [0, 0.1) is 0 Å². The van der Waals surface area contributed by atoms with Gasteiger partial charge in [-0.2, -0.15) is 0 Å². The van der Waals surface area contributed by atoms with E-state index in [0.29, 0.717) is 0 Å². The number of hydrogen-bond donors (Lipinski definition) is 0. The molecule has 116 valence electrons. The lowest BCUT2D eigenvalue weighted by Crippen LogP contribution is -2.36. The summed E-state index contributed by atoms with van der Waals surface area (Å²) in [5, 5.41) is 0. The molecule has 18 heavy (non-hydrogen) atoms. The first-order chi connectivity index (χ1) is 8.76. The van der Waals surface area contributed by atoms with Gasteiger partial charge in [0.1, 0.15) is 0 Å². The van der Waals surface area contributed by atoms with Gasteiger partial charge < -0.3 is 4.90 Å². The van der Waals surface area contributed by atoms with Crippen LogP contribution in [0.25, 0.3) is 0 Å². The first-order valence-electron chi connectivity index (χ1n) is 8.50. The van der Waals surface area contributed by atoms with Crippen molar-refractivity contribution >= 4 is 0 Å². The maximum atomic E-state index is 2.56. The van der Waals surface area contributed by atoms with Crippen molar-refractivity contribution in [3.63, 3.8) is 0 Å². The van der Waals surface area contributed by atoms with Gasteiger partial charge in [-0.3, -0.25) is 0 Å². The molecule has 1 fully saturated rings. The van der Waals surface area contributed by atoms with Crippen molar-refractivity contribution in [3.8, 4) is 0 Å². The number of nitrogens with zero attached hydrogens (tertiary/aromatic N) is 1. The minimum absolute atomic E-state index is 0.851. The molecular formula is C17H43N. The number of rotatable bonds is 1. The van der Waals surface area contributed by atoms with Gasteiger partial charge >= 0.3 is 0 Å². The van der Waals surface area contributed by atoms with E-state index in [1.54, 1.807) is 0 Å². The molecule has 0 amide bonds. The zero-order valence-electron chi connectivity index (χ0n) is 15.3. The summed E-state index contributed by atoms with van der Waals surface area (Å²) in [5.74, 6) is 0. The average Bonchev–Trinajstić information content (AvgIpc) is 2.47. The molecule has 1 rings (SSSR count). The Morgan fingerprint density at radius 3 is 1.44 bits per heavy atom. The summed E-state index contributed by atoms with van der Waals surface area (Å²) in [7, 11) is 0. The summed E-state index contributed by atoms with van der Waals surface area (Å²) >= 11 is 0. The highest BCUT2D eigenvalue weighted by Crippen LogP contribution is 2.14. The van der Waals surface area contributed by atoms with Crippen molar-refractivity contribution in [2.45, 2.75) is 101 Å². The van der Waals surface area contributed by atoms with Crippen molar-refractivity contribution in [2.75, 3.05) is 13.1 Å². The van der Waals surface area contributed by atoms with Crippen molar-refractivity contribution in [2.24, 2.45) is 0 Å². The second-order valence-corrected chi connectivity index (χ2v) is 3.68. The van der Waals surface area contributed by atoms with Crippen LogP contribution in [-0.4, -0.2) is 24.0 Å². The highest BCUT2D eigenvalue weighted by atomic mass is 15.1. The fourth-order valence-electron chi connectivity index (χ4n) is 1.63. The Labute approximate surface area is 119 Å². The lowest BCUT2D eigenvalue weighted by molar-refractivity contribution is 0.169. The molecule has 1 aliphatic rings. The Balaban J connectivity index is -0.0000000925. The lowest BCUT2D eigenvalue weighted by Gasteiger charge is -2.31. The van der Waals surface area contributed by atoms with E-state index in [9.17, 15) is 0 Å². The number of likely N-dealkylation sites (tertiary alicyclic amines) is 1. The summed E-state index contributed by atoms with van der Waals surface area (Å²) in [5.41, 5.74) is 0. The van der Waals surface area contributed by atoms with E-state index in [1.807, 2.05) is 41.5 Å². The summed E-state index contributed by atoms with van der Waals surface area (Å²) in [4.78, 5) is 2.56. The van der Waals surface area contributed by atoms with E-state index in [2.05, 4.69) is 32.6 Å². The van der Waals surface area contributed by atoms with Gasteiger partial charge in [0.25, 0.3) is 0 Å². The van der Waals surface area contributed by atoms with Crippen LogP contribution in [0.2, 0.25) is 0 Å². The molecule has 0 aliphatic carbocycles. The molecule has 0 radical (unpaired) electrons. The molecule has 0 spiro atoms. The Morgan fingerprint density at radius 2 is 1.22 bits per heavy atom.